The molecule has 1 heterocycles. The molecule has 2 saturated carbocycles. The summed E-state index contributed by atoms with van der Waals surface area (Å²) in [7, 11) is 0. The van der Waals surface area contributed by atoms with E-state index in [0.717, 1.165) is 0 Å². The van der Waals surface area contributed by atoms with E-state index in [4.69, 9.17) is 4.74 Å². The van der Waals surface area contributed by atoms with Crippen molar-refractivity contribution in [1.82, 2.24) is 4.90 Å². The molecule has 0 radical (unpaired) electrons. The van der Waals surface area contributed by atoms with Crippen molar-refractivity contribution >= 4 is 5.97 Å². The second-order valence-electron chi connectivity index (χ2n) is 6.32. The van der Waals surface area contributed by atoms with Crippen molar-refractivity contribution in [3.63, 3.8) is 0 Å². The summed E-state index contributed by atoms with van der Waals surface area (Å²) in [6, 6.07) is 0.688. The molecule has 0 spiro atoms. The number of likely N-dealkylation sites (tertiary alicyclic amines) is 1. The predicted octanol–water partition coefficient (Wildman–Crippen LogP) is 2.59. The van der Waals surface area contributed by atoms with Crippen LogP contribution in [0.25, 0.3) is 0 Å². The van der Waals surface area contributed by atoms with Crippen LogP contribution in [0.4, 0.5) is 0 Å². The minimum atomic E-state index is -0.0869. The fourth-order valence-electron chi connectivity index (χ4n) is 4.48. The average Bonchev–Trinajstić information content (AvgIpc) is 2.62. The van der Waals surface area contributed by atoms with Gasteiger partial charge in [0, 0.05) is 18.9 Å². The fourth-order valence-corrected chi connectivity index (χ4v) is 4.48. The standard InChI is InChI=1S/C15H25NO2/c1-11(17)18-15-12-5-7-13(15)14(8-6-12)16-9-3-2-4-10-16/h12-15H,2-10H2,1H3/t12-,13-,14-,15+/m0/s1. The summed E-state index contributed by atoms with van der Waals surface area (Å²) in [6.07, 6.45) is 9.45. The number of carbonyl (C=O) groups is 1. The van der Waals surface area contributed by atoms with Crippen LogP contribution in [0.3, 0.4) is 0 Å². The van der Waals surface area contributed by atoms with Gasteiger partial charge in [0.25, 0.3) is 0 Å². The Hall–Kier alpha value is -0.570. The van der Waals surface area contributed by atoms with Crippen LogP contribution in [0.15, 0.2) is 0 Å². The van der Waals surface area contributed by atoms with Gasteiger partial charge in [-0.1, -0.05) is 6.42 Å². The largest absolute Gasteiger partial charge is 0.462 e. The first-order valence-corrected chi connectivity index (χ1v) is 7.67. The summed E-state index contributed by atoms with van der Waals surface area (Å²) in [6.45, 7) is 4.08. The van der Waals surface area contributed by atoms with Crippen molar-refractivity contribution in [3.8, 4) is 0 Å². The number of nitrogens with zero attached hydrogens (tertiary/aromatic N) is 1. The number of ether oxygens (including phenoxy) is 1. The second-order valence-corrected chi connectivity index (χ2v) is 6.32. The maximum Gasteiger partial charge on any atom is 0.302 e. The summed E-state index contributed by atoms with van der Waals surface area (Å²) in [4.78, 5) is 14.0. The van der Waals surface area contributed by atoms with Crippen LogP contribution in [0.5, 0.6) is 0 Å². The van der Waals surface area contributed by atoms with Crippen LogP contribution in [0, 0.1) is 11.8 Å². The normalized spacial score (nSPS) is 40.7. The van der Waals surface area contributed by atoms with Crippen molar-refractivity contribution in [3.05, 3.63) is 0 Å². The quantitative estimate of drug-likeness (QED) is 0.707. The molecule has 0 amide bonds. The molecular weight excluding hydrogens is 226 g/mol. The molecule has 3 fully saturated rings. The summed E-state index contributed by atoms with van der Waals surface area (Å²) >= 11 is 0. The maximum absolute atomic E-state index is 11.3. The van der Waals surface area contributed by atoms with E-state index in [1.54, 1.807) is 6.92 Å². The van der Waals surface area contributed by atoms with Crippen LogP contribution in [0.2, 0.25) is 0 Å². The third kappa shape index (κ3) is 2.29. The van der Waals surface area contributed by atoms with Crippen molar-refractivity contribution < 1.29 is 9.53 Å². The Balaban J connectivity index is 1.70. The van der Waals surface area contributed by atoms with Gasteiger partial charge in [-0.2, -0.15) is 0 Å². The first kappa shape index (κ1) is 12.5. The minimum Gasteiger partial charge on any atom is -0.462 e. The lowest BCUT2D eigenvalue weighted by Gasteiger charge is -2.43. The lowest BCUT2D eigenvalue weighted by Crippen LogP contribution is -2.49. The lowest BCUT2D eigenvalue weighted by atomic mass is 9.80. The molecule has 0 aromatic carbocycles. The molecule has 2 aliphatic carbocycles. The van der Waals surface area contributed by atoms with E-state index in [-0.39, 0.29) is 12.1 Å². The van der Waals surface area contributed by atoms with E-state index in [1.165, 1.54) is 58.0 Å². The highest BCUT2D eigenvalue weighted by atomic mass is 16.5. The van der Waals surface area contributed by atoms with Gasteiger partial charge in [0.2, 0.25) is 0 Å². The molecule has 3 rings (SSSR count). The minimum absolute atomic E-state index is 0.0869. The number of rotatable bonds is 2. The van der Waals surface area contributed by atoms with E-state index < -0.39 is 0 Å². The molecule has 102 valence electrons. The fraction of sp³-hybridized carbons (Fsp3) is 0.933. The van der Waals surface area contributed by atoms with Crippen LogP contribution in [0.1, 0.15) is 51.9 Å². The monoisotopic (exact) mass is 251 g/mol. The van der Waals surface area contributed by atoms with Gasteiger partial charge in [-0.3, -0.25) is 9.69 Å². The highest BCUT2D eigenvalue weighted by Gasteiger charge is 2.47. The molecule has 0 aromatic heterocycles. The predicted molar refractivity (Wildman–Crippen MR) is 70.2 cm³/mol. The molecule has 2 bridgehead atoms. The van der Waals surface area contributed by atoms with Gasteiger partial charge < -0.3 is 4.74 Å². The number of hydrogen-bond donors (Lipinski definition) is 0. The zero-order valence-electron chi connectivity index (χ0n) is 11.4. The molecule has 3 heteroatoms. The summed E-state index contributed by atoms with van der Waals surface area (Å²) in [5.41, 5.74) is 0. The van der Waals surface area contributed by atoms with Gasteiger partial charge in [0.05, 0.1) is 0 Å². The van der Waals surface area contributed by atoms with Crippen molar-refractivity contribution in [2.24, 2.45) is 11.8 Å². The van der Waals surface area contributed by atoms with Gasteiger partial charge >= 0.3 is 5.97 Å². The van der Waals surface area contributed by atoms with Gasteiger partial charge in [-0.15, -0.1) is 0 Å². The highest BCUT2D eigenvalue weighted by Crippen LogP contribution is 2.46. The Morgan fingerprint density at radius 3 is 2.50 bits per heavy atom. The van der Waals surface area contributed by atoms with Crippen LogP contribution in [-0.2, 0) is 9.53 Å². The van der Waals surface area contributed by atoms with Gasteiger partial charge in [0.15, 0.2) is 0 Å². The Labute approximate surface area is 110 Å². The van der Waals surface area contributed by atoms with Crippen LogP contribution in [-0.4, -0.2) is 36.1 Å². The van der Waals surface area contributed by atoms with Crippen LogP contribution >= 0.6 is 0 Å². The number of esters is 1. The van der Waals surface area contributed by atoms with Gasteiger partial charge in [-0.05, 0) is 57.5 Å². The lowest BCUT2D eigenvalue weighted by molar-refractivity contribution is -0.154. The second kappa shape index (κ2) is 5.20. The van der Waals surface area contributed by atoms with E-state index in [1.807, 2.05) is 0 Å². The summed E-state index contributed by atoms with van der Waals surface area (Å²) in [5.74, 6) is 1.18. The number of fused-ring (bicyclic) bond motifs is 2. The zero-order valence-corrected chi connectivity index (χ0v) is 11.4. The Bertz CT molecular complexity index is 312. The highest BCUT2D eigenvalue weighted by molar-refractivity contribution is 5.66. The Morgan fingerprint density at radius 2 is 1.78 bits per heavy atom. The summed E-state index contributed by atoms with van der Waals surface area (Å²) in [5, 5.41) is 0. The smallest absolute Gasteiger partial charge is 0.302 e. The molecule has 3 aliphatic rings. The Morgan fingerprint density at radius 1 is 1.06 bits per heavy atom. The molecule has 1 saturated heterocycles. The Kier molecular flexibility index (Phi) is 3.60. The van der Waals surface area contributed by atoms with E-state index in [0.29, 0.717) is 17.9 Å². The van der Waals surface area contributed by atoms with Crippen molar-refractivity contribution in [1.29, 1.82) is 0 Å². The first-order valence-electron chi connectivity index (χ1n) is 7.67. The molecule has 18 heavy (non-hydrogen) atoms. The van der Waals surface area contributed by atoms with Crippen molar-refractivity contribution in [2.45, 2.75) is 64.0 Å². The maximum atomic E-state index is 11.3. The number of carbonyl (C=O) groups excluding carboxylic acids is 1. The number of hydrogen-bond acceptors (Lipinski definition) is 3. The molecule has 3 nitrogen and oxygen atoms in total. The van der Waals surface area contributed by atoms with Gasteiger partial charge in [-0.25, -0.2) is 0 Å². The zero-order chi connectivity index (χ0) is 12.5. The molecule has 4 atom stereocenters. The van der Waals surface area contributed by atoms with Gasteiger partial charge in [0.1, 0.15) is 6.10 Å². The van der Waals surface area contributed by atoms with E-state index in [9.17, 15) is 4.79 Å². The van der Waals surface area contributed by atoms with E-state index in [2.05, 4.69) is 4.90 Å². The molecule has 0 N–H and O–H groups in total. The summed E-state index contributed by atoms with van der Waals surface area (Å²) < 4.78 is 5.63. The third-order valence-electron chi connectivity index (χ3n) is 5.25. The topological polar surface area (TPSA) is 29.5 Å². The molecule has 0 unspecified atom stereocenters. The third-order valence-corrected chi connectivity index (χ3v) is 5.25. The van der Waals surface area contributed by atoms with Crippen LogP contribution < -0.4 is 0 Å². The van der Waals surface area contributed by atoms with E-state index >= 15 is 0 Å². The SMILES string of the molecule is CC(=O)O[C@@H]1[C@H]2CC[C@H]1[C@@H](N1CCCCC1)CC2. The molecule has 1 aliphatic heterocycles. The molecular formula is C15H25NO2. The average molecular weight is 251 g/mol. The first-order chi connectivity index (χ1) is 8.75. The molecule has 0 aromatic rings. The van der Waals surface area contributed by atoms with Crippen molar-refractivity contribution in [2.75, 3.05) is 13.1 Å². The number of piperidine rings is 1.